The van der Waals surface area contributed by atoms with Crippen LogP contribution in [0.3, 0.4) is 0 Å². The Morgan fingerprint density at radius 1 is 1.39 bits per heavy atom. The minimum Gasteiger partial charge on any atom is -0.326 e. The highest BCUT2D eigenvalue weighted by Crippen LogP contribution is 2.18. The van der Waals surface area contributed by atoms with E-state index in [0.717, 1.165) is 11.0 Å². The number of sulfone groups is 1. The second-order valence-corrected chi connectivity index (χ2v) is 7.99. The average molecular weight is 334 g/mol. The van der Waals surface area contributed by atoms with E-state index in [-0.39, 0.29) is 17.4 Å². The second kappa shape index (κ2) is 5.77. The van der Waals surface area contributed by atoms with Crippen LogP contribution in [0.1, 0.15) is 19.2 Å². The van der Waals surface area contributed by atoms with E-state index in [1.54, 1.807) is 6.92 Å². The van der Waals surface area contributed by atoms with Crippen LogP contribution in [0.2, 0.25) is 0 Å². The van der Waals surface area contributed by atoms with Gasteiger partial charge >= 0.3 is 0 Å². The van der Waals surface area contributed by atoms with E-state index in [2.05, 4.69) is 15.5 Å². The van der Waals surface area contributed by atoms with Gasteiger partial charge in [0.2, 0.25) is 5.91 Å². The fourth-order valence-corrected chi connectivity index (χ4v) is 4.49. The van der Waals surface area contributed by atoms with Crippen LogP contribution in [0, 0.1) is 5.92 Å². The number of para-hydroxylation sites is 2. The van der Waals surface area contributed by atoms with Crippen molar-refractivity contribution in [3.63, 3.8) is 0 Å². The highest BCUT2D eigenvalue weighted by atomic mass is 32.2. The molecule has 2 aromatic rings. The van der Waals surface area contributed by atoms with Gasteiger partial charge in [0.25, 0.3) is 0 Å². The van der Waals surface area contributed by atoms with Gasteiger partial charge in [-0.25, -0.2) is 18.8 Å². The number of nitrogens with one attached hydrogen (secondary N) is 1. The molecule has 0 aliphatic carbocycles. The van der Waals surface area contributed by atoms with E-state index in [0.29, 0.717) is 18.0 Å². The van der Waals surface area contributed by atoms with Crippen molar-refractivity contribution in [2.45, 2.75) is 13.3 Å². The Morgan fingerprint density at radius 3 is 2.78 bits per heavy atom. The van der Waals surface area contributed by atoms with Gasteiger partial charge in [-0.15, -0.1) is 0 Å². The molecule has 1 aromatic heterocycles. The Morgan fingerprint density at radius 2 is 2.13 bits per heavy atom. The number of fused-ring (bicyclic) bond motifs is 1. The van der Waals surface area contributed by atoms with Crippen molar-refractivity contribution in [2.75, 3.05) is 11.5 Å². The van der Waals surface area contributed by atoms with Gasteiger partial charge in [0.15, 0.2) is 15.7 Å². The summed E-state index contributed by atoms with van der Waals surface area (Å²) < 4.78 is 24.7. The lowest BCUT2D eigenvalue weighted by Crippen LogP contribution is -2.28. The van der Waals surface area contributed by atoms with E-state index in [1.165, 1.54) is 0 Å². The Hall–Kier alpha value is -2.22. The van der Waals surface area contributed by atoms with Crippen molar-refractivity contribution < 1.29 is 13.2 Å². The molecular weight excluding hydrogens is 316 g/mol. The number of nitrogens with zero attached hydrogens (tertiary/aromatic N) is 3. The normalized spacial score (nSPS) is 20.8. The Balaban J connectivity index is 1.77. The summed E-state index contributed by atoms with van der Waals surface area (Å²) in [6.45, 7) is 1.76. The van der Waals surface area contributed by atoms with Gasteiger partial charge in [0.1, 0.15) is 5.71 Å². The number of imidazole rings is 1. The van der Waals surface area contributed by atoms with E-state index in [9.17, 15) is 13.2 Å². The number of benzene rings is 1. The minimum atomic E-state index is -3.08. The third-order valence-corrected chi connectivity index (χ3v) is 5.82. The molecule has 2 heterocycles. The summed E-state index contributed by atoms with van der Waals surface area (Å²) in [5.74, 6) is -0.246. The van der Waals surface area contributed by atoms with Gasteiger partial charge in [0, 0.05) is 7.05 Å². The van der Waals surface area contributed by atoms with E-state index in [4.69, 9.17) is 0 Å². The van der Waals surface area contributed by atoms with Crippen molar-refractivity contribution >= 4 is 32.5 Å². The van der Waals surface area contributed by atoms with Crippen LogP contribution >= 0.6 is 0 Å². The van der Waals surface area contributed by atoms with E-state index >= 15 is 0 Å². The Labute approximate surface area is 134 Å². The van der Waals surface area contributed by atoms with Gasteiger partial charge in [-0.3, -0.25) is 4.79 Å². The van der Waals surface area contributed by atoms with Crippen LogP contribution in [-0.2, 0) is 21.7 Å². The van der Waals surface area contributed by atoms with Crippen LogP contribution in [0.25, 0.3) is 11.0 Å². The van der Waals surface area contributed by atoms with Crippen LogP contribution in [0.15, 0.2) is 29.4 Å². The molecule has 1 aromatic carbocycles. The molecule has 8 heteroatoms. The lowest BCUT2D eigenvalue weighted by atomic mass is 10.1. The molecule has 0 unspecified atom stereocenters. The molecule has 1 N–H and O–H groups in total. The fourth-order valence-electron chi connectivity index (χ4n) is 2.75. The molecule has 1 fully saturated rings. The summed E-state index contributed by atoms with van der Waals surface area (Å²) in [6, 6.07) is 7.71. The summed E-state index contributed by atoms with van der Waals surface area (Å²) in [6.07, 6.45) is 0.356. The number of rotatable bonds is 3. The lowest BCUT2D eigenvalue weighted by molar-refractivity contribution is -0.124. The van der Waals surface area contributed by atoms with Crippen molar-refractivity contribution in [1.82, 2.24) is 15.0 Å². The molecule has 0 spiro atoms. The Kier molecular flexibility index (Phi) is 3.93. The van der Waals surface area contributed by atoms with Crippen LogP contribution in [0.4, 0.5) is 0 Å². The monoisotopic (exact) mass is 334 g/mol. The summed E-state index contributed by atoms with van der Waals surface area (Å²) in [7, 11) is -1.20. The predicted octanol–water partition coefficient (Wildman–Crippen LogP) is 0.848. The van der Waals surface area contributed by atoms with Crippen molar-refractivity contribution in [1.29, 1.82) is 0 Å². The quantitative estimate of drug-likeness (QED) is 0.665. The molecule has 0 bridgehead atoms. The largest absolute Gasteiger partial charge is 0.326 e. The number of aromatic nitrogens is 2. The maximum Gasteiger partial charge on any atom is 0.244 e. The molecule has 7 nitrogen and oxygen atoms in total. The zero-order valence-corrected chi connectivity index (χ0v) is 13.8. The summed E-state index contributed by atoms with van der Waals surface area (Å²) >= 11 is 0. The highest BCUT2D eigenvalue weighted by molar-refractivity contribution is 7.91. The third-order valence-electron chi connectivity index (χ3n) is 4.05. The summed E-state index contributed by atoms with van der Waals surface area (Å²) in [4.78, 5) is 16.5. The van der Waals surface area contributed by atoms with Crippen LogP contribution < -0.4 is 5.43 Å². The first-order valence-corrected chi connectivity index (χ1v) is 9.16. The van der Waals surface area contributed by atoms with Crippen molar-refractivity contribution in [3.05, 3.63) is 30.1 Å². The standard InChI is InChI=1S/C15H18N4O3S/c1-10(14-16-12-5-3-4-6-13(12)19(14)2)17-18-15(20)11-7-8-23(21,22)9-11/h3-6,11H,7-9H2,1-2H3,(H,18,20)/b17-10-/t11-/m0/s1. The van der Waals surface area contributed by atoms with Crippen LogP contribution in [0.5, 0.6) is 0 Å². The van der Waals surface area contributed by atoms with E-state index < -0.39 is 15.8 Å². The van der Waals surface area contributed by atoms with Crippen molar-refractivity contribution in [3.8, 4) is 0 Å². The molecular formula is C15H18N4O3S. The molecule has 122 valence electrons. The molecule has 1 aliphatic heterocycles. The van der Waals surface area contributed by atoms with Gasteiger partial charge in [-0.05, 0) is 25.5 Å². The first-order chi connectivity index (χ1) is 10.9. The molecule has 0 saturated carbocycles. The zero-order chi connectivity index (χ0) is 16.6. The smallest absolute Gasteiger partial charge is 0.244 e. The number of hydrogen-bond acceptors (Lipinski definition) is 5. The summed E-state index contributed by atoms with van der Waals surface area (Å²) in [5.41, 5.74) is 4.86. The first-order valence-electron chi connectivity index (χ1n) is 7.34. The maximum atomic E-state index is 12.0. The fraction of sp³-hybridized carbons (Fsp3) is 0.400. The van der Waals surface area contributed by atoms with Gasteiger partial charge in [-0.1, -0.05) is 12.1 Å². The molecule has 23 heavy (non-hydrogen) atoms. The van der Waals surface area contributed by atoms with Gasteiger partial charge < -0.3 is 4.57 Å². The molecule has 1 atom stereocenters. The molecule has 1 aliphatic rings. The van der Waals surface area contributed by atoms with E-state index in [1.807, 2.05) is 35.9 Å². The molecule has 0 radical (unpaired) electrons. The lowest BCUT2D eigenvalue weighted by Gasteiger charge is -2.06. The number of hydrazone groups is 1. The topological polar surface area (TPSA) is 93.4 Å². The number of amides is 1. The predicted molar refractivity (Wildman–Crippen MR) is 87.8 cm³/mol. The number of carbonyl (C=O) groups is 1. The molecule has 3 rings (SSSR count). The minimum absolute atomic E-state index is 0.0680. The number of carbonyl (C=O) groups excluding carboxylic acids is 1. The molecule has 1 amide bonds. The molecule has 1 saturated heterocycles. The number of aryl methyl sites for hydroxylation is 1. The maximum absolute atomic E-state index is 12.0. The van der Waals surface area contributed by atoms with Crippen molar-refractivity contribution in [2.24, 2.45) is 18.1 Å². The SMILES string of the molecule is C/C(=N/NC(=O)[C@H]1CCS(=O)(=O)C1)c1nc2ccccc2n1C. The zero-order valence-electron chi connectivity index (χ0n) is 13.0. The first kappa shape index (κ1) is 15.7. The van der Waals surface area contributed by atoms with Crippen LogP contribution in [-0.4, -0.2) is 41.1 Å². The average Bonchev–Trinajstić information content (AvgIpc) is 3.05. The van der Waals surface area contributed by atoms with Gasteiger partial charge in [0.05, 0.1) is 28.5 Å². The second-order valence-electron chi connectivity index (χ2n) is 5.76. The highest BCUT2D eigenvalue weighted by Gasteiger charge is 2.32. The Bertz CT molecular complexity index is 899. The number of hydrogen-bond donors (Lipinski definition) is 1. The summed E-state index contributed by atoms with van der Waals surface area (Å²) in [5, 5.41) is 4.08. The van der Waals surface area contributed by atoms with Gasteiger partial charge in [-0.2, -0.15) is 5.10 Å². The third kappa shape index (κ3) is 3.12.